The van der Waals surface area contributed by atoms with Crippen LogP contribution in [-0.4, -0.2) is 69.6 Å². The molecule has 1 aliphatic carbocycles. The Hall–Kier alpha value is -4.47. The number of methoxy groups -OCH3 is 1. The van der Waals surface area contributed by atoms with E-state index in [1.807, 2.05) is 0 Å². The number of halogens is 4. The second-order valence-electron chi connectivity index (χ2n) is 10.3. The van der Waals surface area contributed by atoms with E-state index in [9.17, 15) is 13.6 Å². The molecule has 0 aliphatic heterocycles. The van der Waals surface area contributed by atoms with Crippen LogP contribution in [0.25, 0.3) is 31.7 Å². The standard InChI is InChI=1S/C30H25ClF3N5O6S/c1-42-18-7-15-6-16(31)8-19(26(15)35-14-18)27-39-21-9-20(32)23(10-25(21)46-27)44-24-11-30(33,34)3-2-22(24)45-29(41)38-17-12-36-28(37-13-17)43-5-4-40/h6-10,12-14,22,24,40H,2-5,11H2,1H3,(H,38,41)/t22-,24+/m1/s1. The minimum atomic E-state index is -3.11. The third-order valence-corrected chi connectivity index (χ3v) is 8.34. The van der Waals surface area contributed by atoms with Crippen molar-refractivity contribution in [3.05, 3.63) is 59.8 Å². The van der Waals surface area contributed by atoms with Crippen LogP contribution in [0.4, 0.5) is 23.7 Å². The molecule has 11 nitrogen and oxygen atoms in total. The molecule has 1 aliphatic rings. The van der Waals surface area contributed by atoms with Gasteiger partial charge in [-0.05, 0) is 24.6 Å². The van der Waals surface area contributed by atoms with Crippen LogP contribution < -0.4 is 19.5 Å². The molecule has 2 aromatic carbocycles. The number of aliphatic hydroxyl groups is 1. The molecule has 0 unspecified atom stereocenters. The number of nitrogens with zero attached hydrogens (tertiary/aromatic N) is 4. The van der Waals surface area contributed by atoms with Crippen molar-refractivity contribution in [3.63, 3.8) is 0 Å². The van der Waals surface area contributed by atoms with E-state index in [4.69, 9.17) is 35.7 Å². The van der Waals surface area contributed by atoms with Gasteiger partial charge in [-0.3, -0.25) is 10.3 Å². The number of hydrogen-bond donors (Lipinski definition) is 2. The van der Waals surface area contributed by atoms with Crippen LogP contribution in [0.5, 0.6) is 17.5 Å². The summed E-state index contributed by atoms with van der Waals surface area (Å²) in [7, 11) is 1.53. The fourth-order valence-electron chi connectivity index (χ4n) is 4.96. The lowest BCUT2D eigenvalue weighted by Crippen LogP contribution is -2.45. The van der Waals surface area contributed by atoms with Crippen LogP contribution in [0.15, 0.2) is 48.9 Å². The third kappa shape index (κ3) is 7.00. The Morgan fingerprint density at radius 3 is 2.70 bits per heavy atom. The predicted molar refractivity (Wildman–Crippen MR) is 164 cm³/mol. The van der Waals surface area contributed by atoms with Crippen molar-refractivity contribution < 1.29 is 42.0 Å². The predicted octanol–water partition coefficient (Wildman–Crippen LogP) is 6.66. The van der Waals surface area contributed by atoms with E-state index in [1.54, 1.807) is 24.4 Å². The highest BCUT2D eigenvalue weighted by atomic mass is 35.5. The maximum absolute atomic E-state index is 15.3. The van der Waals surface area contributed by atoms with Crippen molar-refractivity contribution in [2.45, 2.75) is 37.4 Å². The van der Waals surface area contributed by atoms with Crippen molar-refractivity contribution in [2.24, 2.45) is 0 Å². The van der Waals surface area contributed by atoms with Gasteiger partial charge in [-0.1, -0.05) is 11.6 Å². The van der Waals surface area contributed by atoms with Gasteiger partial charge in [-0.15, -0.1) is 11.3 Å². The van der Waals surface area contributed by atoms with Gasteiger partial charge in [-0.2, -0.15) is 0 Å². The summed E-state index contributed by atoms with van der Waals surface area (Å²) in [6.07, 6.45) is -0.914. The van der Waals surface area contributed by atoms with Gasteiger partial charge in [0.25, 0.3) is 5.92 Å². The van der Waals surface area contributed by atoms with Gasteiger partial charge in [0.1, 0.15) is 29.6 Å². The number of aromatic nitrogens is 4. The molecular formula is C30H25ClF3N5O6S. The fourth-order valence-corrected chi connectivity index (χ4v) is 6.18. The van der Waals surface area contributed by atoms with Crippen LogP contribution in [-0.2, 0) is 4.74 Å². The van der Waals surface area contributed by atoms with E-state index < -0.39 is 42.9 Å². The van der Waals surface area contributed by atoms with E-state index in [2.05, 4.69) is 25.3 Å². The average molecular weight is 676 g/mol. The van der Waals surface area contributed by atoms with Crippen molar-refractivity contribution >= 4 is 55.8 Å². The van der Waals surface area contributed by atoms with Gasteiger partial charge < -0.3 is 24.1 Å². The van der Waals surface area contributed by atoms with Gasteiger partial charge in [0.05, 0.1) is 60.1 Å². The number of rotatable bonds is 9. The second-order valence-corrected chi connectivity index (χ2v) is 11.8. The Kier molecular flexibility index (Phi) is 8.97. The van der Waals surface area contributed by atoms with Gasteiger partial charge in [0, 0.05) is 34.5 Å². The number of anilines is 1. The maximum Gasteiger partial charge on any atom is 0.412 e. The number of thiazole rings is 1. The lowest BCUT2D eigenvalue weighted by Gasteiger charge is -2.35. The Morgan fingerprint density at radius 2 is 1.93 bits per heavy atom. The van der Waals surface area contributed by atoms with E-state index in [1.165, 1.54) is 36.9 Å². The first-order valence-corrected chi connectivity index (χ1v) is 15.1. The molecule has 0 radical (unpaired) electrons. The number of nitrogens with one attached hydrogen (secondary N) is 1. The van der Waals surface area contributed by atoms with Crippen molar-refractivity contribution in [1.82, 2.24) is 19.9 Å². The van der Waals surface area contributed by atoms with Crippen LogP contribution in [0.1, 0.15) is 19.3 Å². The molecule has 1 amide bonds. The van der Waals surface area contributed by atoms with Gasteiger partial charge in [-0.25, -0.2) is 32.9 Å². The molecule has 1 fully saturated rings. The van der Waals surface area contributed by atoms with E-state index in [0.29, 0.717) is 37.1 Å². The van der Waals surface area contributed by atoms with E-state index >= 15 is 4.39 Å². The first-order valence-electron chi connectivity index (χ1n) is 13.9. The highest BCUT2D eigenvalue weighted by Crippen LogP contribution is 2.41. The molecule has 240 valence electrons. The van der Waals surface area contributed by atoms with E-state index in [0.717, 1.165) is 11.5 Å². The van der Waals surface area contributed by atoms with Crippen LogP contribution >= 0.6 is 22.9 Å². The molecule has 3 heterocycles. The Morgan fingerprint density at radius 1 is 1.13 bits per heavy atom. The summed E-state index contributed by atoms with van der Waals surface area (Å²) >= 11 is 7.60. The van der Waals surface area contributed by atoms with Crippen molar-refractivity contribution in [1.29, 1.82) is 0 Å². The molecular weight excluding hydrogens is 651 g/mol. The molecule has 5 aromatic rings. The number of alkyl halides is 2. The molecule has 3 aromatic heterocycles. The van der Waals surface area contributed by atoms with Crippen LogP contribution in [0, 0.1) is 5.82 Å². The first-order chi connectivity index (χ1) is 22.1. The monoisotopic (exact) mass is 675 g/mol. The Labute approximate surface area is 268 Å². The number of hydrogen-bond acceptors (Lipinski definition) is 11. The van der Waals surface area contributed by atoms with Crippen LogP contribution in [0.2, 0.25) is 5.02 Å². The smallest absolute Gasteiger partial charge is 0.412 e. The lowest BCUT2D eigenvalue weighted by atomic mass is 9.91. The zero-order valence-corrected chi connectivity index (χ0v) is 25.6. The molecule has 6 rings (SSSR count). The normalized spacial score (nSPS) is 17.5. The number of pyridine rings is 1. The zero-order valence-electron chi connectivity index (χ0n) is 24.0. The highest BCUT2D eigenvalue weighted by Gasteiger charge is 2.45. The number of benzene rings is 2. The van der Waals surface area contributed by atoms with Gasteiger partial charge >= 0.3 is 12.1 Å². The summed E-state index contributed by atoms with van der Waals surface area (Å²) in [5.41, 5.74) is 1.71. The van der Waals surface area contributed by atoms with Crippen molar-refractivity contribution in [3.8, 4) is 28.1 Å². The van der Waals surface area contributed by atoms with E-state index in [-0.39, 0.29) is 37.1 Å². The number of amides is 1. The summed E-state index contributed by atoms with van der Waals surface area (Å²) in [5, 5.41) is 12.9. The molecule has 16 heteroatoms. The highest BCUT2D eigenvalue weighted by molar-refractivity contribution is 7.21. The maximum atomic E-state index is 15.3. The summed E-state index contributed by atoms with van der Waals surface area (Å²) in [6, 6.07) is 7.77. The van der Waals surface area contributed by atoms with Crippen molar-refractivity contribution in [2.75, 3.05) is 25.6 Å². The zero-order chi connectivity index (χ0) is 32.4. The Balaban J connectivity index is 1.22. The molecule has 0 bridgehead atoms. The summed E-state index contributed by atoms with van der Waals surface area (Å²) in [5.74, 6) is -3.66. The van der Waals surface area contributed by atoms with Gasteiger partial charge in [0.2, 0.25) is 0 Å². The minimum Gasteiger partial charge on any atom is -0.495 e. The molecule has 0 saturated heterocycles. The lowest BCUT2D eigenvalue weighted by molar-refractivity contribution is -0.114. The molecule has 2 atom stereocenters. The summed E-state index contributed by atoms with van der Waals surface area (Å²) in [6.45, 7) is -0.233. The quantitative estimate of drug-likeness (QED) is 0.174. The summed E-state index contributed by atoms with van der Waals surface area (Å²) < 4.78 is 66.4. The SMILES string of the molecule is COc1cnc2c(-c3nc4cc(F)c(O[C@H]5CC(F)(F)CC[C@H]5OC(=O)Nc5cnc(OCCO)nc5)cc4s3)cc(Cl)cc2c1. The second kappa shape index (κ2) is 13.1. The number of carbonyl (C=O) groups is 1. The topological polar surface area (TPSA) is 138 Å². The summed E-state index contributed by atoms with van der Waals surface area (Å²) in [4.78, 5) is 29.5. The first kappa shape index (κ1) is 31.5. The van der Waals surface area contributed by atoms with Crippen LogP contribution in [0.3, 0.4) is 0 Å². The third-order valence-electron chi connectivity index (χ3n) is 7.07. The Bertz CT molecular complexity index is 1900. The largest absolute Gasteiger partial charge is 0.495 e. The number of fused-ring (bicyclic) bond motifs is 2. The van der Waals surface area contributed by atoms with Gasteiger partial charge in [0.15, 0.2) is 11.6 Å². The molecule has 2 N–H and O–H groups in total. The number of ether oxygens (including phenoxy) is 4. The molecule has 0 spiro atoms. The average Bonchev–Trinajstić information content (AvgIpc) is 3.43. The number of aliphatic hydroxyl groups excluding tert-OH is 1. The number of carbonyl (C=O) groups excluding carboxylic acids is 1. The molecule has 1 saturated carbocycles. The fraction of sp³-hybridized carbons (Fsp3) is 0.300. The minimum absolute atomic E-state index is 0.00716. The molecule has 46 heavy (non-hydrogen) atoms.